The molecule has 0 saturated carbocycles. The topological polar surface area (TPSA) is 66.9 Å². The third-order valence-electron chi connectivity index (χ3n) is 3.62. The SMILES string of the molecule is Cc1ccc(CN(CC(=O)N2CCOCC2)S(C)(=O)=O)cc1. The Morgan fingerprint density at radius 3 is 2.36 bits per heavy atom. The van der Waals surface area contributed by atoms with E-state index in [9.17, 15) is 13.2 Å². The van der Waals surface area contributed by atoms with E-state index < -0.39 is 10.0 Å². The van der Waals surface area contributed by atoms with Gasteiger partial charge in [-0.15, -0.1) is 0 Å². The molecule has 1 saturated heterocycles. The molecule has 0 radical (unpaired) electrons. The van der Waals surface area contributed by atoms with Crippen molar-refractivity contribution in [1.29, 1.82) is 0 Å². The normalized spacial score (nSPS) is 16.0. The van der Waals surface area contributed by atoms with Crippen LogP contribution in [0.5, 0.6) is 0 Å². The summed E-state index contributed by atoms with van der Waals surface area (Å²) in [5.41, 5.74) is 1.98. The Hall–Kier alpha value is -1.44. The Balaban J connectivity index is 2.06. The second-order valence-electron chi connectivity index (χ2n) is 5.51. The molecule has 0 unspecified atom stereocenters. The van der Waals surface area contributed by atoms with Gasteiger partial charge in [0, 0.05) is 19.6 Å². The van der Waals surface area contributed by atoms with Gasteiger partial charge in [0.05, 0.1) is 26.0 Å². The highest BCUT2D eigenvalue weighted by Gasteiger charge is 2.24. The summed E-state index contributed by atoms with van der Waals surface area (Å²) >= 11 is 0. The summed E-state index contributed by atoms with van der Waals surface area (Å²) in [5, 5.41) is 0. The van der Waals surface area contributed by atoms with Crippen LogP contribution in [0.1, 0.15) is 11.1 Å². The minimum Gasteiger partial charge on any atom is -0.378 e. The van der Waals surface area contributed by atoms with Crippen molar-refractivity contribution in [2.24, 2.45) is 0 Å². The maximum Gasteiger partial charge on any atom is 0.238 e. The first-order chi connectivity index (χ1) is 10.4. The van der Waals surface area contributed by atoms with Crippen LogP contribution < -0.4 is 0 Å². The average Bonchev–Trinajstić information content (AvgIpc) is 2.48. The fourth-order valence-corrected chi connectivity index (χ4v) is 2.98. The molecule has 1 fully saturated rings. The zero-order chi connectivity index (χ0) is 16.2. The standard InChI is InChI=1S/C15H22N2O4S/c1-13-3-5-14(6-4-13)11-17(22(2,19)20)12-15(18)16-7-9-21-10-8-16/h3-6H,7-12H2,1-2H3. The number of carbonyl (C=O) groups excluding carboxylic acids is 1. The van der Waals surface area contributed by atoms with Gasteiger partial charge in [-0.2, -0.15) is 4.31 Å². The van der Waals surface area contributed by atoms with Gasteiger partial charge in [-0.05, 0) is 12.5 Å². The molecule has 1 aromatic rings. The fraction of sp³-hybridized carbons (Fsp3) is 0.533. The summed E-state index contributed by atoms with van der Waals surface area (Å²) < 4.78 is 30.3. The lowest BCUT2D eigenvalue weighted by molar-refractivity contribution is -0.135. The molecule has 1 aromatic carbocycles. The van der Waals surface area contributed by atoms with Crippen LogP contribution in [0.3, 0.4) is 0 Å². The van der Waals surface area contributed by atoms with Gasteiger partial charge in [-0.3, -0.25) is 4.79 Å². The maximum atomic E-state index is 12.3. The molecule has 0 bridgehead atoms. The number of nitrogens with zero attached hydrogens (tertiary/aromatic N) is 2. The smallest absolute Gasteiger partial charge is 0.238 e. The van der Waals surface area contributed by atoms with Crippen LogP contribution >= 0.6 is 0 Å². The first-order valence-electron chi connectivity index (χ1n) is 7.22. The third-order valence-corrected chi connectivity index (χ3v) is 4.82. The minimum atomic E-state index is -3.45. The van der Waals surface area contributed by atoms with Crippen molar-refractivity contribution < 1.29 is 17.9 Å². The number of amides is 1. The van der Waals surface area contributed by atoms with E-state index in [1.54, 1.807) is 4.90 Å². The van der Waals surface area contributed by atoms with E-state index in [2.05, 4.69) is 0 Å². The lowest BCUT2D eigenvalue weighted by atomic mass is 10.1. The van der Waals surface area contributed by atoms with Gasteiger partial charge in [0.1, 0.15) is 0 Å². The molecule has 1 heterocycles. The summed E-state index contributed by atoms with van der Waals surface area (Å²) in [6.07, 6.45) is 1.13. The lowest BCUT2D eigenvalue weighted by Gasteiger charge is -2.29. The second kappa shape index (κ2) is 7.21. The Labute approximate surface area is 131 Å². The van der Waals surface area contributed by atoms with Crippen LogP contribution in [0, 0.1) is 6.92 Å². The van der Waals surface area contributed by atoms with Crippen molar-refractivity contribution in [3.63, 3.8) is 0 Å². The molecular weight excluding hydrogens is 304 g/mol. The fourth-order valence-electron chi connectivity index (χ4n) is 2.25. The molecule has 2 rings (SSSR count). The number of morpholine rings is 1. The molecule has 22 heavy (non-hydrogen) atoms. The Morgan fingerprint density at radius 2 is 1.82 bits per heavy atom. The number of carbonyl (C=O) groups is 1. The largest absolute Gasteiger partial charge is 0.378 e. The van der Waals surface area contributed by atoms with E-state index in [4.69, 9.17) is 4.74 Å². The van der Waals surface area contributed by atoms with Crippen LogP contribution in [0.15, 0.2) is 24.3 Å². The lowest BCUT2D eigenvalue weighted by Crippen LogP contribution is -2.46. The van der Waals surface area contributed by atoms with Gasteiger partial charge >= 0.3 is 0 Å². The van der Waals surface area contributed by atoms with Crippen LogP contribution in [0.25, 0.3) is 0 Å². The maximum absolute atomic E-state index is 12.3. The van der Waals surface area contributed by atoms with E-state index in [0.29, 0.717) is 26.3 Å². The predicted molar refractivity (Wildman–Crippen MR) is 83.8 cm³/mol. The number of benzene rings is 1. The molecule has 1 aliphatic heterocycles. The van der Waals surface area contributed by atoms with Crippen molar-refractivity contribution in [2.75, 3.05) is 39.1 Å². The van der Waals surface area contributed by atoms with Crippen LogP contribution in [0.2, 0.25) is 0 Å². The number of rotatable bonds is 5. The Kier molecular flexibility index (Phi) is 5.55. The van der Waals surface area contributed by atoms with Crippen LogP contribution in [0.4, 0.5) is 0 Å². The predicted octanol–water partition coefficient (Wildman–Crippen LogP) is 0.615. The van der Waals surface area contributed by atoms with E-state index in [1.165, 1.54) is 4.31 Å². The zero-order valence-corrected chi connectivity index (χ0v) is 13.8. The molecule has 1 amide bonds. The Bertz CT molecular complexity index is 607. The van der Waals surface area contributed by atoms with Crippen LogP contribution in [-0.4, -0.2) is 62.6 Å². The monoisotopic (exact) mass is 326 g/mol. The van der Waals surface area contributed by atoms with Gasteiger partial charge < -0.3 is 9.64 Å². The molecule has 0 atom stereocenters. The van der Waals surface area contributed by atoms with E-state index >= 15 is 0 Å². The first-order valence-corrected chi connectivity index (χ1v) is 9.07. The van der Waals surface area contributed by atoms with Gasteiger partial charge in [0.2, 0.25) is 15.9 Å². The highest BCUT2D eigenvalue weighted by molar-refractivity contribution is 7.88. The van der Waals surface area contributed by atoms with E-state index in [-0.39, 0.29) is 19.0 Å². The summed E-state index contributed by atoms with van der Waals surface area (Å²) in [5.74, 6) is -0.180. The van der Waals surface area contributed by atoms with Crippen molar-refractivity contribution >= 4 is 15.9 Å². The number of hydrogen-bond donors (Lipinski definition) is 0. The molecule has 0 N–H and O–H groups in total. The zero-order valence-electron chi connectivity index (χ0n) is 13.0. The molecule has 6 nitrogen and oxygen atoms in total. The third kappa shape index (κ3) is 4.79. The second-order valence-corrected chi connectivity index (χ2v) is 7.49. The summed E-state index contributed by atoms with van der Waals surface area (Å²) in [7, 11) is -3.45. The Morgan fingerprint density at radius 1 is 1.23 bits per heavy atom. The number of sulfonamides is 1. The summed E-state index contributed by atoms with van der Waals surface area (Å²) in [6.45, 7) is 4.08. The van der Waals surface area contributed by atoms with Gasteiger partial charge in [0.25, 0.3) is 0 Å². The first kappa shape index (κ1) is 16.9. The molecule has 0 spiro atoms. The number of hydrogen-bond acceptors (Lipinski definition) is 4. The molecule has 0 aliphatic carbocycles. The van der Waals surface area contributed by atoms with Gasteiger partial charge in [-0.1, -0.05) is 29.8 Å². The molecule has 1 aliphatic rings. The van der Waals surface area contributed by atoms with Gasteiger partial charge in [0.15, 0.2) is 0 Å². The van der Waals surface area contributed by atoms with Gasteiger partial charge in [-0.25, -0.2) is 8.42 Å². The van der Waals surface area contributed by atoms with Crippen molar-refractivity contribution in [1.82, 2.24) is 9.21 Å². The van der Waals surface area contributed by atoms with Crippen molar-refractivity contribution in [3.8, 4) is 0 Å². The highest BCUT2D eigenvalue weighted by Crippen LogP contribution is 2.11. The van der Waals surface area contributed by atoms with Crippen molar-refractivity contribution in [2.45, 2.75) is 13.5 Å². The number of ether oxygens (including phenoxy) is 1. The number of aryl methyl sites for hydroxylation is 1. The quantitative estimate of drug-likeness (QED) is 0.795. The van der Waals surface area contributed by atoms with Crippen molar-refractivity contribution in [3.05, 3.63) is 35.4 Å². The molecular formula is C15H22N2O4S. The molecule has 7 heteroatoms. The van der Waals surface area contributed by atoms with E-state index in [0.717, 1.165) is 17.4 Å². The minimum absolute atomic E-state index is 0.132. The summed E-state index contributed by atoms with van der Waals surface area (Å²) in [6, 6.07) is 7.62. The average molecular weight is 326 g/mol. The highest BCUT2D eigenvalue weighted by atomic mass is 32.2. The van der Waals surface area contributed by atoms with Crippen LogP contribution in [-0.2, 0) is 26.1 Å². The summed E-state index contributed by atoms with van der Waals surface area (Å²) in [4.78, 5) is 13.9. The molecule has 0 aromatic heterocycles. The molecule has 122 valence electrons. The van der Waals surface area contributed by atoms with E-state index in [1.807, 2.05) is 31.2 Å².